The van der Waals surface area contributed by atoms with E-state index in [0.29, 0.717) is 16.2 Å². The van der Waals surface area contributed by atoms with Crippen molar-refractivity contribution in [3.05, 3.63) is 16.8 Å². The predicted octanol–water partition coefficient (Wildman–Crippen LogP) is 1.99. The summed E-state index contributed by atoms with van der Waals surface area (Å²) in [6.07, 6.45) is 0. The summed E-state index contributed by atoms with van der Waals surface area (Å²) in [5.74, 6) is 0.413. The van der Waals surface area contributed by atoms with Gasteiger partial charge in [0, 0.05) is 39.3 Å². The molecule has 0 bridgehead atoms. The van der Waals surface area contributed by atoms with Crippen LogP contribution in [0.25, 0.3) is 11.0 Å². The summed E-state index contributed by atoms with van der Waals surface area (Å²) >= 11 is 6.00. The first kappa shape index (κ1) is 17.0. The van der Waals surface area contributed by atoms with E-state index in [-0.39, 0.29) is 0 Å². The lowest BCUT2D eigenvalue weighted by atomic mass is 10.2. The Morgan fingerprint density at radius 1 is 1.29 bits per heavy atom. The highest BCUT2D eigenvalue weighted by Gasteiger charge is 2.30. The molecule has 3 heterocycles. The SMILES string of the molecule is Cn1c(N2CCNCC2)c(C(=O)OC(C)(C)C)c2nnc(Cl)cc21. The predicted molar refractivity (Wildman–Crippen MR) is 93.8 cm³/mol. The number of esters is 1. The molecule has 130 valence electrons. The molecule has 2 aromatic heterocycles. The number of anilines is 1. The van der Waals surface area contributed by atoms with Crippen molar-refractivity contribution in [1.82, 2.24) is 20.1 Å². The number of ether oxygens (including phenoxy) is 1. The van der Waals surface area contributed by atoms with Crippen LogP contribution in [0.3, 0.4) is 0 Å². The number of nitrogens with zero attached hydrogens (tertiary/aromatic N) is 4. The number of halogens is 1. The van der Waals surface area contributed by atoms with Crippen molar-refractivity contribution in [2.45, 2.75) is 26.4 Å². The molecule has 8 heteroatoms. The van der Waals surface area contributed by atoms with Crippen LogP contribution in [0.5, 0.6) is 0 Å². The summed E-state index contributed by atoms with van der Waals surface area (Å²) in [4.78, 5) is 15.0. The summed E-state index contributed by atoms with van der Waals surface area (Å²) in [6.45, 7) is 8.89. The molecular weight excluding hydrogens is 330 g/mol. The second-order valence-electron chi connectivity index (χ2n) is 6.90. The number of aryl methyl sites for hydroxylation is 1. The van der Waals surface area contributed by atoms with E-state index >= 15 is 0 Å². The number of aromatic nitrogens is 3. The molecule has 3 rings (SSSR count). The van der Waals surface area contributed by atoms with Gasteiger partial charge in [0.15, 0.2) is 5.15 Å². The molecule has 0 aliphatic carbocycles. The van der Waals surface area contributed by atoms with Crippen molar-refractivity contribution in [3.63, 3.8) is 0 Å². The fraction of sp³-hybridized carbons (Fsp3) is 0.562. The van der Waals surface area contributed by atoms with E-state index in [1.165, 1.54) is 0 Å². The molecule has 24 heavy (non-hydrogen) atoms. The molecule has 1 saturated heterocycles. The standard InChI is InChI=1S/C16H22ClN5O2/c1-16(2,3)24-15(23)12-13-10(9-11(17)19-20-13)21(4)14(12)22-7-5-18-6-8-22/h9,18H,5-8H2,1-4H3. The van der Waals surface area contributed by atoms with E-state index in [9.17, 15) is 4.79 Å². The number of hydrogen-bond donors (Lipinski definition) is 1. The van der Waals surface area contributed by atoms with Crippen LogP contribution in [0.2, 0.25) is 5.15 Å². The van der Waals surface area contributed by atoms with Gasteiger partial charge in [-0.2, -0.15) is 0 Å². The molecule has 1 aliphatic heterocycles. The Balaban J connectivity index is 2.18. The van der Waals surface area contributed by atoms with Crippen molar-refractivity contribution in [3.8, 4) is 0 Å². The Labute approximate surface area is 145 Å². The Morgan fingerprint density at radius 2 is 1.96 bits per heavy atom. The zero-order valence-electron chi connectivity index (χ0n) is 14.4. The largest absolute Gasteiger partial charge is 0.456 e. The van der Waals surface area contributed by atoms with E-state index in [2.05, 4.69) is 20.4 Å². The van der Waals surface area contributed by atoms with Gasteiger partial charge in [-0.3, -0.25) is 0 Å². The lowest BCUT2D eigenvalue weighted by Crippen LogP contribution is -2.44. The highest BCUT2D eigenvalue weighted by molar-refractivity contribution is 6.30. The average molecular weight is 352 g/mol. The number of piperazine rings is 1. The number of fused-ring (bicyclic) bond motifs is 1. The molecule has 1 fully saturated rings. The zero-order chi connectivity index (χ0) is 17.5. The van der Waals surface area contributed by atoms with Gasteiger partial charge < -0.3 is 19.5 Å². The van der Waals surface area contributed by atoms with Crippen LogP contribution in [0.4, 0.5) is 5.82 Å². The molecular formula is C16H22ClN5O2. The molecule has 0 aromatic carbocycles. The molecule has 0 radical (unpaired) electrons. The van der Waals surface area contributed by atoms with Gasteiger partial charge >= 0.3 is 5.97 Å². The van der Waals surface area contributed by atoms with Crippen molar-refractivity contribution in [2.24, 2.45) is 7.05 Å². The third-order valence-electron chi connectivity index (χ3n) is 3.90. The fourth-order valence-corrected chi connectivity index (χ4v) is 3.09. The van der Waals surface area contributed by atoms with E-state index in [1.54, 1.807) is 6.07 Å². The second-order valence-corrected chi connectivity index (χ2v) is 7.28. The van der Waals surface area contributed by atoms with Crippen molar-refractivity contribution < 1.29 is 9.53 Å². The summed E-state index contributed by atoms with van der Waals surface area (Å²) in [5, 5.41) is 11.7. The molecule has 0 atom stereocenters. The number of hydrogen-bond acceptors (Lipinski definition) is 6. The maximum atomic E-state index is 12.9. The van der Waals surface area contributed by atoms with Crippen molar-refractivity contribution in [1.29, 1.82) is 0 Å². The summed E-state index contributed by atoms with van der Waals surface area (Å²) in [5.41, 5.74) is 1.15. The Morgan fingerprint density at radius 3 is 2.58 bits per heavy atom. The minimum absolute atomic E-state index is 0.297. The first-order valence-electron chi connectivity index (χ1n) is 7.98. The van der Waals surface area contributed by atoms with Crippen LogP contribution in [0.15, 0.2) is 6.07 Å². The van der Waals surface area contributed by atoms with Crippen LogP contribution in [-0.2, 0) is 11.8 Å². The van der Waals surface area contributed by atoms with Gasteiger partial charge in [0.2, 0.25) is 0 Å². The van der Waals surface area contributed by atoms with Gasteiger partial charge in [-0.25, -0.2) is 4.79 Å². The Bertz CT molecular complexity index is 775. The molecule has 1 N–H and O–H groups in total. The van der Waals surface area contributed by atoms with E-state index in [1.807, 2.05) is 32.4 Å². The third-order valence-corrected chi connectivity index (χ3v) is 4.09. The molecule has 0 unspecified atom stereocenters. The first-order valence-corrected chi connectivity index (χ1v) is 8.36. The van der Waals surface area contributed by atoms with E-state index in [0.717, 1.165) is 37.5 Å². The number of rotatable bonds is 2. The number of carbonyl (C=O) groups is 1. The maximum absolute atomic E-state index is 12.9. The van der Waals surface area contributed by atoms with E-state index in [4.69, 9.17) is 16.3 Å². The molecule has 2 aromatic rings. The van der Waals surface area contributed by atoms with Gasteiger partial charge in [-0.1, -0.05) is 11.6 Å². The molecule has 0 amide bonds. The highest BCUT2D eigenvalue weighted by Crippen LogP contribution is 2.33. The normalized spacial score (nSPS) is 15.8. The average Bonchev–Trinajstić information content (AvgIpc) is 2.79. The quantitative estimate of drug-likeness (QED) is 0.834. The maximum Gasteiger partial charge on any atom is 0.344 e. The van der Waals surface area contributed by atoms with E-state index < -0.39 is 11.6 Å². The van der Waals surface area contributed by atoms with Crippen LogP contribution in [0.1, 0.15) is 31.1 Å². The summed E-state index contributed by atoms with van der Waals surface area (Å²) in [7, 11) is 1.91. The second kappa shape index (κ2) is 6.22. The van der Waals surface area contributed by atoms with Crippen LogP contribution < -0.4 is 10.2 Å². The number of nitrogens with one attached hydrogen (secondary N) is 1. The van der Waals surface area contributed by atoms with Gasteiger partial charge in [-0.05, 0) is 20.8 Å². The van der Waals surface area contributed by atoms with Gasteiger partial charge in [0.05, 0.1) is 5.52 Å². The molecule has 1 aliphatic rings. The highest BCUT2D eigenvalue weighted by atomic mass is 35.5. The van der Waals surface area contributed by atoms with Gasteiger partial charge in [0.25, 0.3) is 0 Å². The van der Waals surface area contributed by atoms with Crippen LogP contribution >= 0.6 is 11.6 Å². The van der Waals surface area contributed by atoms with Crippen LogP contribution in [0, 0.1) is 0 Å². The third kappa shape index (κ3) is 3.18. The minimum atomic E-state index is -0.584. The lowest BCUT2D eigenvalue weighted by molar-refractivity contribution is 0.00721. The first-order chi connectivity index (χ1) is 11.3. The monoisotopic (exact) mass is 351 g/mol. The van der Waals surface area contributed by atoms with Crippen molar-refractivity contribution in [2.75, 3.05) is 31.1 Å². The molecule has 0 saturated carbocycles. The molecule has 7 nitrogen and oxygen atoms in total. The van der Waals surface area contributed by atoms with Crippen molar-refractivity contribution >= 4 is 34.4 Å². The van der Waals surface area contributed by atoms with Gasteiger partial charge in [0.1, 0.15) is 22.5 Å². The fourth-order valence-electron chi connectivity index (χ4n) is 2.94. The zero-order valence-corrected chi connectivity index (χ0v) is 15.1. The topological polar surface area (TPSA) is 72.3 Å². The summed E-state index contributed by atoms with van der Waals surface area (Å²) in [6, 6.07) is 1.73. The summed E-state index contributed by atoms with van der Waals surface area (Å²) < 4.78 is 7.56. The Kier molecular flexibility index (Phi) is 4.40. The molecule has 0 spiro atoms. The Hall–Kier alpha value is -1.86. The lowest BCUT2D eigenvalue weighted by Gasteiger charge is -2.30. The smallest absolute Gasteiger partial charge is 0.344 e. The number of carbonyl (C=O) groups excluding carboxylic acids is 1. The van der Waals surface area contributed by atoms with Gasteiger partial charge in [-0.15, -0.1) is 10.2 Å². The van der Waals surface area contributed by atoms with Crippen LogP contribution in [-0.4, -0.2) is 52.5 Å². The minimum Gasteiger partial charge on any atom is -0.456 e.